The Bertz CT molecular complexity index is 1780. The van der Waals surface area contributed by atoms with Crippen LogP contribution in [0.25, 0.3) is 44.5 Å². The average molecular weight is 546 g/mol. The monoisotopic (exact) mass is 545 g/mol. The van der Waals surface area contributed by atoms with Crippen molar-refractivity contribution in [2.75, 3.05) is 36.4 Å². The lowest BCUT2D eigenvalue weighted by Gasteiger charge is -2.41. The van der Waals surface area contributed by atoms with Crippen LogP contribution in [0.1, 0.15) is 37.9 Å². The molecule has 3 aromatic heterocycles. The van der Waals surface area contributed by atoms with Gasteiger partial charge in [0.1, 0.15) is 11.5 Å². The second-order valence-corrected chi connectivity index (χ2v) is 11.5. The van der Waals surface area contributed by atoms with E-state index in [4.69, 9.17) is 4.98 Å². The van der Waals surface area contributed by atoms with E-state index < -0.39 is 0 Å². The summed E-state index contributed by atoms with van der Waals surface area (Å²) in [6.07, 6.45) is 6.63. The number of benzene rings is 3. The van der Waals surface area contributed by atoms with Crippen LogP contribution in [-0.2, 0) is 6.54 Å². The van der Waals surface area contributed by atoms with Gasteiger partial charge in [-0.1, -0.05) is 30.7 Å². The van der Waals surface area contributed by atoms with E-state index in [-0.39, 0.29) is 0 Å². The summed E-state index contributed by atoms with van der Waals surface area (Å²) in [5.74, 6) is 1.67. The van der Waals surface area contributed by atoms with E-state index in [1.54, 1.807) is 0 Å². The minimum Gasteiger partial charge on any atom is -0.376 e. The van der Waals surface area contributed by atoms with Gasteiger partial charge < -0.3 is 25.1 Å². The molecule has 2 aliphatic rings. The third kappa shape index (κ3) is 4.60. The number of nitrogens with zero attached hydrogens (tertiary/aromatic N) is 5. The molecule has 3 aromatic carbocycles. The van der Waals surface area contributed by atoms with Gasteiger partial charge in [-0.25, -0.2) is 9.97 Å². The number of para-hydroxylation sites is 3. The summed E-state index contributed by atoms with van der Waals surface area (Å²) in [5.41, 5.74) is 8.06. The molecule has 9 nitrogen and oxygen atoms in total. The third-order valence-corrected chi connectivity index (χ3v) is 8.91. The van der Waals surface area contributed by atoms with E-state index in [1.807, 2.05) is 24.3 Å². The molecule has 0 bridgehead atoms. The number of nitrogens with one attached hydrogen (secondary N) is 4. The van der Waals surface area contributed by atoms with Crippen LogP contribution in [0, 0.1) is 0 Å². The molecule has 4 N–H and O–H groups in total. The zero-order valence-electron chi connectivity index (χ0n) is 23.2. The lowest BCUT2D eigenvalue weighted by molar-refractivity contribution is 0.141. The first kappa shape index (κ1) is 24.4. The zero-order valence-corrected chi connectivity index (χ0v) is 23.2. The maximum atomic E-state index is 4.91. The molecule has 208 valence electrons. The number of piperidine rings is 2. The van der Waals surface area contributed by atoms with Crippen molar-refractivity contribution < 1.29 is 0 Å². The zero-order chi connectivity index (χ0) is 27.2. The van der Waals surface area contributed by atoms with Gasteiger partial charge in [-0.3, -0.25) is 5.10 Å². The predicted molar refractivity (Wildman–Crippen MR) is 165 cm³/mol. The molecule has 9 heteroatoms. The summed E-state index contributed by atoms with van der Waals surface area (Å²) < 4.78 is 0. The van der Waals surface area contributed by atoms with Crippen molar-refractivity contribution in [1.82, 2.24) is 35.0 Å². The van der Waals surface area contributed by atoms with Crippen molar-refractivity contribution in [1.29, 1.82) is 0 Å². The minimum absolute atomic E-state index is 0.588. The highest BCUT2D eigenvalue weighted by molar-refractivity contribution is 5.99. The van der Waals surface area contributed by atoms with E-state index in [1.165, 1.54) is 50.9 Å². The first-order valence-corrected chi connectivity index (χ1v) is 14.9. The fourth-order valence-electron chi connectivity index (χ4n) is 6.72. The van der Waals surface area contributed by atoms with E-state index >= 15 is 0 Å². The van der Waals surface area contributed by atoms with Gasteiger partial charge in [-0.2, -0.15) is 5.10 Å². The molecule has 0 aliphatic carbocycles. The van der Waals surface area contributed by atoms with Gasteiger partial charge in [0.25, 0.3) is 0 Å². The van der Waals surface area contributed by atoms with E-state index in [2.05, 4.69) is 76.7 Å². The van der Waals surface area contributed by atoms with Crippen LogP contribution >= 0.6 is 0 Å². The predicted octanol–water partition coefficient (Wildman–Crippen LogP) is 6.05. The van der Waals surface area contributed by atoms with Gasteiger partial charge in [0, 0.05) is 30.2 Å². The first-order valence-electron chi connectivity index (χ1n) is 14.9. The Morgan fingerprint density at radius 2 is 1.66 bits per heavy atom. The smallest absolute Gasteiger partial charge is 0.159 e. The Labute approximate surface area is 238 Å². The molecule has 0 unspecified atom stereocenters. The number of rotatable bonds is 6. The molecule has 0 saturated carbocycles. The SMILES string of the molecule is c1ccc2[nH]c(CNc3cccc4c(-c5nc6ccc(N7CCC(N8CCCCC8)CC7)cc6[nH]5)n[nH]c34)nc2c1. The van der Waals surface area contributed by atoms with Crippen LogP contribution in [0.2, 0.25) is 0 Å². The maximum Gasteiger partial charge on any atom is 0.159 e. The quantitative estimate of drug-likeness (QED) is 0.203. The number of anilines is 2. The highest BCUT2D eigenvalue weighted by Crippen LogP contribution is 2.32. The molecule has 8 rings (SSSR count). The lowest BCUT2D eigenvalue weighted by Crippen LogP contribution is -2.46. The van der Waals surface area contributed by atoms with Crippen molar-refractivity contribution in [3.63, 3.8) is 0 Å². The van der Waals surface area contributed by atoms with Crippen molar-refractivity contribution in [2.45, 2.75) is 44.7 Å². The normalized spacial score (nSPS) is 17.2. The van der Waals surface area contributed by atoms with Gasteiger partial charge in [-0.05, 0) is 75.2 Å². The summed E-state index contributed by atoms with van der Waals surface area (Å²) in [4.78, 5) is 21.8. The topological polar surface area (TPSA) is 105 Å². The highest BCUT2D eigenvalue weighted by Gasteiger charge is 2.26. The van der Waals surface area contributed by atoms with Gasteiger partial charge in [-0.15, -0.1) is 0 Å². The molecule has 0 radical (unpaired) electrons. The molecule has 6 aromatic rings. The van der Waals surface area contributed by atoms with E-state index in [9.17, 15) is 0 Å². The fourth-order valence-corrected chi connectivity index (χ4v) is 6.72. The molecule has 2 saturated heterocycles. The van der Waals surface area contributed by atoms with Crippen LogP contribution in [0.15, 0.2) is 60.7 Å². The Morgan fingerprint density at radius 3 is 2.54 bits per heavy atom. The van der Waals surface area contributed by atoms with Crippen LogP contribution in [0.4, 0.5) is 11.4 Å². The lowest BCUT2D eigenvalue weighted by atomic mass is 9.99. The van der Waals surface area contributed by atoms with Gasteiger partial charge in [0.2, 0.25) is 0 Å². The number of likely N-dealkylation sites (tertiary alicyclic amines) is 1. The second kappa shape index (κ2) is 10.2. The molecule has 0 amide bonds. The standard InChI is InChI=1S/C32H35N9/c1-4-15-40(16-5-1)21-13-17-41(18-14-21)22-11-12-26-28(19-22)37-32(36-26)31-23-7-6-10-27(30(23)38-39-31)33-20-29-34-24-8-2-3-9-25(24)35-29/h2-3,6-12,19,21,33H,1,4-5,13-18,20H2,(H,34,35)(H,36,37)(H,38,39). The number of fused-ring (bicyclic) bond motifs is 3. The number of hydrogen-bond acceptors (Lipinski definition) is 6. The number of aromatic nitrogens is 6. The summed E-state index contributed by atoms with van der Waals surface area (Å²) >= 11 is 0. The van der Waals surface area contributed by atoms with E-state index in [0.717, 1.165) is 75.1 Å². The van der Waals surface area contributed by atoms with Gasteiger partial charge >= 0.3 is 0 Å². The summed E-state index contributed by atoms with van der Waals surface area (Å²) in [5, 5.41) is 12.5. The summed E-state index contributed by atoms with van der Waals surface area (Å²) in [7, 11) is 0. The number of aromatic amines is 3. The molecule has 2 aliphatic heterocycles. The fraction of sp³-hybridized carbons (Fsp3) is 0.344. The average Bonchev–Trinajstić information content (AvgIpc) is 3.76. The van der Waals surface area contributed by atoms with Crippen molar-refractivity contribution in [3.8, 4) is 11.5 Å². The Morgan fingerprint density at radius 1 is 0.805 bits per heavy atom. The van der Waals surface area contributed by atoms with Crippen molar-refractivity contribution in [2.24, 2.45) is 0 Å². The number of hydrogen-bond donors (Lipinski definition) is 4. The third-order valence-electron chi connectivity index (χ3n) is 8.91. The molecule has 41 heavy (non-hydrogen) atoms. The van der Waals surface area contributed by atoms with Crippen LogP contribution in [0.5, 0.6) is 0 Å². The van der Waals surface area contributed by atoms with Crippen LogP contribution in [0.3, 0.4) is 0 Å². The van der Waals surface area contributed by atoms with Crippen LogP contribution < -0.4 is 10.2 Å². The molecular weight excluding hydrogens is 510 g/mol. The second-order valence-electron chi connectivity index (χ2n) is 11.5. The molecule has 0 spiro atoms. The van der Waals surface area contributed by atoms with Crippen LogP contribution in [-0.4, -0.2) is 67.3 Å². The first-order chi connectivity index (χ1) is 20.3. The summed E-state index contributed by atoms with van der Waals surface area (Å²) in [6, 6.07) is 21.6. The van der Waals surface area contributed by atoms with Crippen molar-refractivity contribution >= 4 is 44.3 Å². The minimum atomic E-state index is 0.588. The van der Waals surface area contributed by atoms with Gasteiger partial charge in [0.15, 0.2) is 5.82 Å². The Balaban J connectivity index is 1.00. The Hall–Kier alpha value is -4.37. The van der Waals surface area contributed by atoms with E-state index in [0.29, 0.717) is 6.54 Å². The largest absolute Gasteiger partial charge is 0.376 e. The van der Waals surface area contributed by atoms with Gasteiger partial charge in [0.05, 0.1) is 39.8 Å². The maximum absolute atomic E-state index is 4.91. The Kier molecular flexibility index (Phi) is 6.09. The molecular formula is C32H35N9. The highest BCUT2D eigenvalue weighted by atomic mass is 15.2. The number of imidazole rings is 2. The molecule has 0 atom stereocenters. The number of H-pyrrole nitrogens is 3. The molecule has 5 heterocycles. The summed E-state index contributed by atoms with van der Waals surface area (Å²) in [6.45, 7) is 5.39. The van der Waals surface area contributed by atoms with Crippen molar-refractivity contribution in [3.05, 3.63) is 66.5 Å². The molecule has 2 fully saturated rings.